The molecular weight excluding hydrogens is 1170 g/mol. The van der Waals surface area contributed by atoms with Crippen molar-refractivity contribution in [2.45, 2.75) is 364 Å². The second-order valence-corrected chi connectivity index (χ2v) is 29.3. The summed E-state index contributed by atoms with van der Waals surface area (Å²) in [6, 6.07) is 17.4. The van der Waals surface area contributed by atoms with Gasteiger partial charge in [-0.3, -0.25) is 0 Å². The zero-order chi connectivity index (χ0) is 67.1. The van der Waals surface area contributed by atoms with Crippen LogP contribution in [0.25, 0.3) is 89.7 Å². The van der Waals surface area contributed by atoms with Crippen molar-refractivity contribution in [1.82, 2.24) is 39.9 Å². The summed E-state index contributed by atoms with van der Waals surface area (Å²) in [5, 5.41) is 4.68. The molecule has 0 radical (unpaired) electrons. The number of aromatic nitrogens is 8. The van der Waals surface area contributed by atoms with E-state index in [0.29, 0.717) is 11.6 Å². The van der Waals surface area contributed by atoms with Gasteiger partial charge in [0.2, 0.25) is 0 Å². The molecule has 2 aliphatic rings. The van der Waals surface area contributed by atoms with Gasteiger partial charge in [-0.05, 0) is 147 Å². The zero-order valence-corrected chi connectivity index (χ0v) is 62.2. The quantitative estimate of drug-likeness (QED) is 0.0368. The number of fused-ring (bicyclic) bond motifs is 20. The number of nitrogens with zero attached hydrogens (tertiary/aromatic N) is 6. The van der Waals surface area contributed by atoms with Crippen molar-refractivity contribution >= 4 is 44.1 Å². The van der Waals surface area contributed by atoms with Crippen LogP contribution in [0.2, 0.25) is 0 Å². The lowest BCUT2D eigenvalue weighted by Crippen LogP contribution is -2.11. The molecule has 8 heteroatoms. The van der Waals surface area contributed by atoms with Crippen LogP contribution in [-0.2, 0) is 51.4 Å². The molecule has 0 fully saturated rings. The molecule has 96 heavy (non-hydrogen) atoms. The molecule has 8 bridgehead atoms. The van der Waals surface area contributed by atoms with Gasteiger partial charge in [-0.15, -0.1) is 0 Å². The van der Waals surface area contributed by atoms with Crippen LogP contribution in [0, 0.1) is 0 Å². The summed E-state index contributed by atoms with van der Waals surface area (Å²) in [6.45, 7) is 18.9. The number of hydrogen-bond acceptors (Lipinski definition) is 6. The Balaban J connectivity index is 1.49. The average molecular weight is 1300 g/mol. The summed E-state index contributed by atoms with van der Waals surface area (Å²) < 4.78 is 0. The van der Waals surface area contributed by atoms with Gasteiger partial charge in [-0.1, -0.05) is 309 Å². The molecule has 0 saturated heterocycles. The highest BCUT2D eigenvalue weighted by atomic mass is 15.1. The van der Waals surface area contributed by atoms with Gasteiger partial charge in [-0.25, -0.2) is 29.9 Å². The highest BCUT2D eigenvalue weighted by Gasteiger charge is 2.33. The van der Waals surface area contributed by atoms with Crippen molar-refractivity contribution in [2.75, 3.05) is 0 Å². The molecule has 522 valence electrons. The van der Waals surface area contributed by atoms with Crippen molar-refractivity contribution in [2.24, 2.45) is 0 Å². The second kappa shape index (κ2) is 41.0. The maximum atomic E-state index is 6.35. The number of benzene rings is 4. The third-order valence-electron chi connectivity index (χ3n) is 21.7. The Kier molecular flexibility index (Phi) is 31.8. The van der Waals surface area contributed by atoms with Crippen LogP contribution in [-0.4, -0.2) is 39.9 Å². The standard InChI is InChI=1S/C88H130N8/c1-9-17-25-33-41-53-65-67(55-43-35-27-19-11-3)71(59-47-39-31-23-15-7)79-77(69(65)57-45-37-29-21-13-5)85-92-83-75-63-51-49-61-73(75)81(90-83)89-82-74-62-50-52-64-76(74)84(91-82)93-86-78-70(58-46-38-30-22-14-6)66(54-42-34-26-18-10-2)68(56-44-36-28-20-12-4)72(60-48-40-32-24-16-8)80(78)88(95-86)96-87(79)94-85/h49-52,61-64H,9-48,53-60H2,1-8H3,(H2,89,90,91,92,93,94,95,96). The van der Waals surface area contributed by atoms with Crippen molar-refractivity contribution < 1.29 is 0 Å². The summed E-state index contributed by atoms with van der Waals surface area (Å²) in [6.07, 6.45) is 58.8. The van der Waals surface area contributed by atoms with Crippen LogP contribution in [0.1, 0.15) is 357 Å². The van der Waals surface area contributed by atoms with Crippen LogP contribution < -0.4 is 0 Å². The number of H-pyrrole nitrogens is 2. The van der Waals surface area contributed by atoms with Gasteiger partial charge in [0.1, 0.15) is 22.6 Å². The lowest BCUT2D eigenvalue weighted by atomic mass is 9.79. The van der Waals surface area contributed by atoms with Gasteiger partial charge in [0.05, 0.1) is 0 Å². The fourth-order valence-corrected chi connectivity index (χ4v) is 16.3. The lowest BCUT2D eigenvalue weighted by molar-refractivity contribution is 0.607. The third kappa shape index (κ3) is 19.8. The van der Waals surface area contributed by atoms with E-state index in [1.807, 2.05) is 0 Å². The number of rotatable bonds is 48. The normalized spacial score (nSPS) is 12.1. The first-order valence-electron chi connectivity index (χ1n) is 40.8. The molecule has 0 saturated carbocycles. The van der Waals surface area contributed by atoms with Gasteiger partial charge in [0.25, 0.3) is 0 Å². The first kappa shape index (κ1) is 74.5. The largest absolute Gasteiger partial charge is 0.324 e. The Bertz CT molecular complexity index is 3650. The summed E-state index contributed by atoms with van der Waals surface area (Å²) in [4.78, 5) is 43.6. The molecule has 0 atom stereocenters. The third-order valence-corrected chi connectivity index (χ3v) is 21.7. The predicted molar refractivity (Wildman–Crippen MR) is 416 cm³/mol. The van der Waals surface area contributed by atoms with Gasteiger partial charge in [0.15, 0.2) is 23.3 Å². The smallest absolute Gasteiger partial charge is 0.165 e. The first-order chi connectivity index (χ1) is 47.4. The number of nitrogens with one attached hydrogen (secondary N) is 2. The molecule has 2 N–H and O–H groups in total. The van der Waals surface area contributed by atoms with Crippen molar-refractivity contribution in [3.05, 3.63) is 93.0 Å². The van der Waals surface area contributed by atoms with Gasteiger partial charge in [-0.2, -0.15) is 0 Å². The molecule has 0 aliphatic carbocycles. The molecular formula is C88H130N8. The molecule has 2 aliphatic heterocycles. The van der Waals surface area contributed by atoms with Crippen molar-refractivity contribution in [1.29, 1.82) is 0 Å². The zero-order valence-electron chi connectivity index (χ0n) is 62.2. The number of hydrogen-bond donors (Lipinski definition) is 2. The molecule has 0 unspecified atom stereocenters. The Morgan fingerprint density at radius 1 is 0.219 bits per heavy atom. The first-order valence-corrected chi connectivity index (χ1v) is 40.8. The predicted octanol–water partition coefficient (Wildman–Crippen LogP) is 27.0. The van der Waals surface area contributed by atoms with Crippen LogP contribution >= 0.6 is 0 Å². The monoisotopic (exact) mass is 1300 g/mol. The van der Waals surface area contributed by atoms with E-state index in [4.69, 9.17) is 29.9 Å². The molecule has 3 aromatic heterocycles. The van der Waals surface area contributed by atoms with E-state index in [9.17, 15) is 0 Å². The van der Waals surface area contributed by atoms with Gasteiger partial charge < -0.3 is 9.97 Å². The van der Waals surface area contributed by atoms with Gasteiger partial charge >= 0.3 is 0 Å². The number of unbranched alkanes of at least 4 members (excludes halogenated alkanes) is 32. The van der Waals surface area contributed by atoms with E-state index in [0.717, 1.165) is 120 Å². The van der Waals surface area contributed by atoms with E-state index in [2.05, 4.69) is 114 Å². The minimum atomic E-state index is 0.678. The average Bonchev–Trinajstić information content (AvgIpc) is 1.56. The summed E-state index contributed by atoms with van der Waals surface area (Å²) in [5.41, 5.74) is 20.6. The van der Waals surface area contributed by atoms with E-state index in [1.165, 1.54) is 288 Å². The molecule has 5 heterocycles. The van der Waals surface area contributed by atoms with Crippen LogP contribution in [0.3, 0.4) is 0 Å². The minimum absolute atomic E-state index is 0.678. The molecule has 0 spiro atoms. The molecule has 4 aromatic carbocycles. The topological polar surface area (TPSA) is 109 Å². The molecule has 0 amide bonds. The second-order valence-electron chi connectivity index (χ2n) is 29.3. The van der Waals surface area contributed by atoms with Crippen LogP contribution in [0.5, 0.6) is 0 Å². The van der Waals surface area contributed by atoms with Crippen molar-refractivity contribution in [3.63, 3.8) is 0 Å². The Hall–Kier alpha value is -5.76. The Morgan fingerprint density at radius 2 is 0.448 bits per heavy atom. The summed E-state index contributed by atoms with van der Waals surface area (Å²) >= 11 is 0. The van der Waals surface area contributed by atoms with E-state index in [1.54, 1.807) is 22.3 Å². The highest BCUT2D eigenvalue weighted by molar-refractivity contribution is 6.10. The van der Waals surface area contributed by atoms with E-state index in [-0.39, 0.29) is 0 Å². The molecule has 9 rings (SSSR count). The van der Waals surface area contributed by atoms with Gasteiger partial charge in [0, 0.05) is 43.8 Å². The van der Waals surface area contributed by atoms with Crippen LogP contribution in [0.15, 0.2) is 48.5 Å². The van der Waals surface area contributed by atoms with E-state index >= 15 is 0 Å². The minimum Gasteiger partial charge on any atom is -0.324 e. The molecule has 8 nitrogen and oxygen atoms in total. The SMILES string of the molecule is CCCCCCCc1c(CCCCCCC)c(CCCCCCC)c2c(c1CCCCCCC)-c1nc-2nc2[nH]c(nc3nc(nc4[nH]c(n1)c1ccccc41)-c1ccccc1-3)c1c(CCCCCCC)c(CCCCCCC)c(CCCCCCC)c(CCCCCCC)c21. The fraction of sp³-hybridized carbons (Fsp3) is 0.636. The maximum Gasteiger partial charge on any atom is 0.165 e. The Morgan fingerprint density at radius 3 is 0.771 bits per heavy atom. The lowest BCUT2D eigenvalue weighted by Gasteiger charge is -2.24. The summed E-state index contributed by atoms with van der Waals surface area (Å²) in [5.74, 6) is 3.05. The highest BCUT2D eigenvalue weighted by Crippen LogP contribution is 2.47. The number of aryl methyl sites for hydroxylation is 2. The fourth-order valence-electron chi connectivity index (χ4n) is 16.3. The van der Waals surface area contributed by atoms with E-state index < -0.39 is 0 Å². The van der Waals surface area contributed by atoms with Crippen LogP contribution in [0.4, 0.5) is 0 Å². The molecule has 7 aromatic rings. The number of aromatic amines is 2. The summed E-state index contributed by atoms with van der Waals surface area (Å²) in [7, 11) is 0. The van der Waals surface area contributed by atoms with Crippen molar-refractivity contribution in [3.8, 4) is 45.6 Å². The Labute approximate surface area is 583 Å². The maximum absolute atomic E-state index is 6.35.